The van der Waals surface area contributed by atoms with Gasteiger partial charge in [-0.05, 0) is 30.5 Å². The first-order valence-electron chi connectivity index (χ1n) is 8.93. The quantitative estimate of drug-likeness (QED) is 0.577. The van der Waals surface area contributed by atoms with Crippen LogP contribution < -0.4 is 4.90 Å². The van der Waals surface area contributed by atoms with Gasteiger partial charge in [0, 0.05) is 37.0 Å². The molecule has 5 nitrogen and oxygen atoms in total. The average molecular weight is 365 g/mol. The van der Waals surface area contributed by atoms with Gasteiger partial charge in [0.05, 0.1) is 28.4 Å². The predicted molar refractivity (Wildman–Crippen MR) is 104 cm³/mol. The van der Waals surface area contributed by atoms with E-state index in [1.807, 2.05) is 30.7 Å². The smallest absolute Gasteiger partial charge is 0.154 e. The number of rotatable bonds is 2. The van der Waals surface area contributed by atoms with Crippen LogP contribution >= 0.6 is 11.6 Å². The van der Waals surface area contributed by atoms with Crippen molar-refractivity contribution in [1.82, 2.24) is 19.4 Å². The van der Waals surface area contributed by atoms with E-state index >= 15 is 0 Å². The molecule has 0 saturated carbocycles. The van der Waals surface area contributed by atoms with Crippen molar-refractivity contribution in [3.05, 3.63) is 59.8 Å². The lowest BCUT2D eigenvalue weighted by molar-refractivity contribution is 0.367. The van der Waals surface area contributed by atoms with E-state index in [4.69, 9.17) is 16.6 Å². The molecule has 1 saturated heterocycles. The van der Waals surface area contributed by atoms with E-state index < -0.39 is 0 Å². The highest BCUT2D eigenvalue weighted by atomic mass is 35.5. The Morgan fingerprint density at radius 2 is 2.12 bits per heavy atom. The third kappa shape index (κ3) is 2.46. The third-order valence-corrected chi connectivity index (χ3v) is 5.68. The van der Waals surface area contributed by atoms with E-state index in [1.54, 1.807) is 0 Å². The van der Waals surface area contributed by atoms with Gasteiger partial charge in [0.1, 0.15) is 5.82 Å². The highest BCUT2D eigenvalue weighted by Crippen LogP contribution is 2.35. The van der Waals surface area contributed by atoms with Crippen molar-refractivity contribution in [1.29, 1.82) is 0 Å². The second kappa shape index (κ2) is 6.02. The van der Waals surface area contributed by atoms with Crippen molar-refractivity contribution in [2.45, 2.75) is 19.3 Å². The molecule has 0 bridgehead atoms. The van der Waals surface area contributed by atoms with Crippen LogP contribution in [0, 0.1) is 12.0 Å². The molecular weight excluding hydrogens is 346 g/mol. The van der Waals surface area contributed by atoms with Crippen LogP contribution in [0.1, 0.15) is 25.1 Å². The van der Waals surface area contributed by atoms with Crippen molar-refractivity contribution in [3.63, 3.8) is 0 Å². The van der Waals surface area contributed by atoms with Crippen LogP contribution in [0.3, 0.4) is 0 Å². The van der Waals surface area contributed by atoms with Gasteiger partial charge in [-0.3, -0.25) is 4.40 Å². The maximum Gasteiger partial charge on any atom is 0.154 e. The average Bonchev–Trinajstić information content (AvgIpc) is 3.28. The molecule has 26 heavy (non-hydrogen) atoms. The van der Waals surface area contributed by atoms with Crippen LogP contribution in [-0.2, 0) is 0 Å². The monoisotopic (exact) mass is 364 g/mol. The van der Waals surface area contributed by atoms with Crippen LogP contribution in [0.5, 0.6) is 0 Å². The van der Waals surface area contributed by atoms with Gasteiger partial charge in [0.15, 0.2) is 5.65 Å². The fourth-order valence-electron chi connectivity index (χ4n) is 4.00. The van der Waals surface area contributed by atoms with E-state index in [0.29, 0.717) is 16.9 Å². The van der Waals surface area contributed by atoms with Crippen molar-refractivity contribution < 1.29 is 0 Å². The number of aromatic amines is 1. The Morgan fingerprint density at radius 1 is 1.23 bits per heavy atom. The van der Waals surface area contributed by atoms with Gasteiger partial charge >= 0.3 is 0 Å². The maximum absolute atomic E-state index is 6.15. The summed E-state index contributed by atoms with van der Waals surface area (Å²) in [6.45, 7) is 4.24. The summed E-state index contributed by atoms with van der Waals surface area (Å²) in [6.07, 6.45) is 6.84. The number of halogens is 1. The highest BCUT2D eigenvalue weighted by Gasteiger charge is 2.31. The molecule has 1 aromatic carbocycles. The molecule has 2 atom stereocenters. The van der Waals surface area contributed by atoms with Crippen molar-refractivity contribution in [2.75, 3.05) is 18.0 Å². The second-order valence-electron chi connectivity index (χ2n) is 7.05. The molecule has 1 aliphatic heterocycles. The molecule has 1 aliphatic rings. The number of imidazole rings is 1. The normalized spacial score (nSPS) is 20.9. The fourth-order valence-corrected chi connectivity index (χ4v) is 4.17. The third-order valence-electron chi connectivity index (χ3n) is 5.46. The van der Waals surface area contributed by atoms with Gasteiger partial charge in [-0.1, -0.05) is 24.6 Å². The number of fused-ring (bicyclic) bond motifs is 3. The molecule has 0 amide bonds. The summed E-state index contributed by atoms with van der Waals surface area (Å²) in [5, 5.41) is 0.657. The summed E-state index contributed by atoms with van der Waals surface area (Å²) >= 11 is 6.15. The fraction of sp³-hybridized carbons (Fsp3) is 0.300. The SMILES string of the molecule is C[C@@H]1CCN(c2[c]c(Cl)ccc2)C[C@@H]1c1ncc2cnc3[nH]ccc3n12. The molecule has 0 aliphatic carbocycles. The van der Waals surface area contributed by atoms with Crippen LogP contribution in [0.4, 0.5) is 5.69 Å². The standard InChI is InChI=1S/C20H19ClN5/c1-13-6-8-25(15-4-2-3-14(21)9-15)12-17(13)20-24-11-16-10-23-19-18(26(16)20)5-7-22-19/h2-5,7,10-11,13,17,22H,6,8,12H2,1H3/t13-,17+/m1/s1. The molecule has 3 aromatic heterocycles. The minimum absolute atomic E-state index is 0.333. The number of hydrogen-bond donors (Lipinski definition) is 1. The first-order chi connectivity index (χ1) is 12.7. The number of piperidine rings is 1. The van der Waals surface area contributed by atoms with Crippen LogP contribution in [0.25, 0.3) is 16.7 Å². The zero-order valence-corrected chi connectivity index (χ0v) is 15.2. The van der Waals surface area contributed by atoms with Crippen LogP contribution in [-0.4, -0.2) is 32.4 Å². The summed E-state index contributed by atoms with van der Waals surface area (Å²) in [5.41, 5.74) is 4.06. The lowest BCUT2D eigenvalue weighted by Gasteiger charge is -2.37. The van der Waals surface area contributed by atoms with E-state index in [-0.39, 0.29) is 0 Å². The second-order valence-corrected chi connectivity index (χ2v) is 7.46. The Morgan fingerprint density at radius 3 is 3.00 bits per heavy atom. The molecule has 6 heteroatoms. The number of anilines is 1. The van der Waals surface area contributed by atoms with Gasteiger partial charge in [-0.2, -0.15) is 0 Å². The zero-order valence-electron chi connectivity index (χ0n) is 14.5. The molecule has 4 heterocycles. The Labute approximate surface area is 156 Å². The minimum atomic E-state index is 0.333. The van der Waals surface area contributed by atoms with Gasteiger partial charge in [0.25, 0.3) is 0 Å². The largest absolute Gasteiger partial charge is 0.370 e. The van der Waals surface area contributed by atoms with E-state index in [2.05, 4.69) is 44.4 Å². The van der Waals surface area contributed by atoms with Gasteiger partial charge in [-0.15, -0.1) is 0 Å². The summed E-state index contributed by atoms with van der Waals surface area (Å²) in [4.78, 5) is 14.8. The predicted octanol–water partition coefficient (Wildman–Crippen LogP) is 4.29. The van der Waals surface area contributed by atoms with Crippen molar-refractivity contribution >= 4 is 34.0 Å². The molecule has 5 rings (SSSR count). The summed E-state index contributed by atoms with van der Waals surface area (Å²) < 4.78 is 2.24. The van der Waals surface area contributed by atoms with Crippen LogP contribution in [0.2, 0.25) is 5.02 Å². The maximum atomic E-state index is 6.15. The first-order valence-corrected chi connectivity index (χ1v) is 9.31. The number of nitrogens with zero attached hydrogens (tertiary/aromatic N) is 4. The number of benzene rings is 1. The zero-order chi connectivity index (χ0) is 17.7. The summed E-state index contributed by atoms with van der Waals surface area (Å²) in [6, 6.07) is 11.3. The number of hydrogen-bond acceptors (Lipinski definition) is 3. The van der Waals surface area contributed by atoms with Crippen molar-refractivity contribution in [2.24, 2.45) is 5.92 Å². The molecule has 0 unspecified atom stereocenters. The number of nitrogens with one attached hydrogen (secondary N) is 1. The Bertz CT molecular complexity index is 1080. The van der Waals surface area contributed by atoms with Crippen molar-refractivity contribution in [3.8, 4) is 0 Å². The Hall–Kier alpha value is -2.53. The van der Waals surface area contributed by atoms with E-state index in [1.165, 1.54) is 0 Å². The molecule has 131 valence electrons. The van der Waals surface area contributed by atoms with E-state index in [9.17, 15) is 0 Å². The summed E-state index contributed by atoms with van der Waals surface area (Å²) in [7, 11) is 0. The molecular formula is C20H19ClN5. The molecule has 0 spiro atoms. The lowest BCUT2D eigenvalue weighted by Crippen LogP contribution is -2.39. The van der Waals surface area contributed by atoms with Gasteiger partial charge < -0.3 is 9.88 Å². The number of H-pyrrole nitrogens is 1. The van der Waals surface area contributed by atoms with E-state index in [0.717, 1.165) is 47.7 Å². The summed E-state index contributed by atoms with van der Waals surface area (Å²) in [5.74, 6) is 1.99. The number of aromatic nitrogens is 4. The lowest BCUT2D eigenvalue weighted by atomic mass is 9.86. The topological polar surface area (TPSA) is 49.2 Å². The van der Waals surface area contributed by atoms with Gasteiger partial charge in [0.2, 0.25) is 0 Å². The molecule has 1 radical (unpaired) electrons. The minimum Gasteiger partial charge on any atom is -0.370 e. The molecule has 4 aromatic rings. The molecule has 1 N–H and O–H groups in total. The Balaban J connectivity index is 1.58. The highest BCUT2D eigenvalue weighted by molar-refractivity contribution is 6.30. The van der Waals surface area contributed by atoms with Gasteiger partial charge in [-0.25, -0.2) is 9.97 Å². The van der Waals surface area contributed by atoms with Crippen LogP contribution in [0.15, 0.2) is 42.9 Å². The first kappa shape index (κ1) is 15.7. The molecule has 1 fully saturated rings. The Kier molecular flexibility index (Phi) is 3.64.